The molecule has 6 nitrogen and oxygen atoms in total. The van der Waals surface area contributed by atoms with E-state index >= 15 is 0 Å². The second-order valence-corrected chi connectivity index (χ2v) is 3.21. The fourth-order valence-electron chi connectivity index (χ4n) is 1.46. The molecule has 0 aromatic heterocycles. The normalized spacial score (nSPS) is 15.2. The molecule has 0 radical (unpaired) electrons. The van der Waals surface area contributed by atoms with E-state index in [4.69, 9.17) is 15.3 Å². The molecule has 0 fully saturated rings. The number of phenols is 2. The standard InChI is InChI=1S/C10H6O6/c11-4-2-1-3-5(7(4)13)8(14)10(16)9(15)6(3)12/h1-2,11,13,15-16H. The fraction of sp³-hybridized carbons (Fsp3) is 0. The summed E-state index contributed by atoms with van der Waals surface area (Å²) < 4.78 is 0. The number of aliphatic hydroxyl groups excluding tert-OH is 2. The van der Waals surface area contributed by atoms with Crippen molar-refractivity contribution in [2.75, 3.05) is 0 Å². The van der Waals surface area contributed by atoms with E-state index in [-0.39, 0.29) is 5.56 Å². The van der Waals surface area contributed by atoms with Crippen LogP contribution >= 0.6 is 0 Å². The predicted octanol–water partition coefficient (Wildman–Crippen LogP) is 0.804. The number of hydrogen-bond acceptors (Lipinski definition) is 6. The van der Waals surface area contributed by atoms with Gasteiger partial charge < -0.3 is 20.4 Å². The Morgan fingerprint density at radius 2 is 1.38 bits per heavy atom. The number of carbonyl (C=O) groups is 2. The van der Waals surface area contributed by atoms with Crippen molar-refractivity contribution in [2.45, 2.75) is 0 Å². The molecule has 6 heteroatoms. The lowest BCUT2D eigenvalue weighted by Gasteiger charge is -2.15. The number of allylic oxidation sites excluding steroid dienone is 2. The highest BCUT2D eigenvalue weighted by atomic mass is 16.3. The number of aromatic hydroxyl groups is 2. The van der Waals surface area contributed by atoms with E-state index in [1.165, 1.54) is 0 Å². The van der Waals surface area contributed by atoms with Crippen molar-refractivity contribution in [2.24, 2.45) is 0 Å². The van der Waals surface area contributed by atoms with Crippen LogP contribution in [0.3, 0.4) is 0 Å². The van der Waals surface area contributed by atoms with Crippen LogP contribution in [0.25, 0.3) is 0 Å². The van der Waals surface area contributed by atoms with Crippen molar-refractivity contribution in [3.05, 3.63) is 34.8 Å². The summed E-state index contributed by atoms with van der Waals surface area (Å²) in [6.45, 7) is 0. The quantitative estimate of drug-likeness (QED) is 0.482. The van der Waals surface area contributed by atoms with Crippen molar-refractivity contribution in [3.8, 4) is 11.5 Å². The van der Waals surface area contributed by atoms with Crippen LogP contribution in [0.2, 0.25) is 0 Å². The average Bonchev–Trinajstić information content (AvgIpc) is 2.27. The average molecular weight is 222 g/mol. The Hall–Kier alpha value is -2.50. The SMILES string of the molecule is O=C1C(O)=C(O)C(=O)c2c1ccc(O)c2O. The van der Waals surface area contributed by atoms with Crippen LogP contribution < -0.4 is 0 Å². The van der Waals surface area contributed by atoms with Gasteiger partial charge in [0, 0.05) is 5.56 Å². The maximum absolute atomic E-state index is 11.5. The summed E-state index contributed by atoms with van der Waals surface area (Å²) in [5.41, 5.74) is -0.782. The molecule has 0 atom stereocenters. The number of hydrogen-bond donors (Lipinski definition) is 4. The molecule has 0 spiro atoms. The van der Waals surface area contributed by atoms with Crippen molar-refractivity contribution in [1.82, 2.24) is 0 Å². The van der Waals surface area contributed by atoms with E-state index in [0.717, 1.165) is 12.1 Å². The summed E-state index contributed by atoms with van der Waals surface area (Å²) in [6.07, 6.45) is 0. The monoisotopic (exact) mass is 222 g/mol. The summed E-state index contributed by atoms with van der Waals surface area (Å²) >= 11 is 0. The zero-order chi connectivity index (χ0) is 12.0. The molecule has 4 N–H and O–H groups in total. The first kappa shape index (κ1) is 10.0. The lowest BCUT2D eigenvalue weighted by Crippen LogP contribution is -2.21. The molecular weight excluding hydrogens is 216 g/mol. The first-order valence-electron chi connectivity index (χ1n) is 4.21. The van der Waals surface area contributed by atoms with Gasteiger partial charge >= 0.3 is 0 Å². The van der Waals surface area contributed by atoms with Gasteiger partial charge in [0.25, 0.3) is 0 Å². The molecule has 16 heavy (non-hydrogen) atoms. The van der Waals surface area contributed by atoms with Crippen LogP contribution in [0.4, 0.5) is 0 Å². The third-order valence-corrected chi connectivity index (χ3v) is 2.28. The largest absolute Gasteiger partial charge is 0.504 e. The third kappa shape index (κ3) is 1.07. The number of benzene rings is 1. The van der Waals surface area contributed by atoms with Gasteiger partial charge in [-0.25, -0.2) is 0 Å². The number of Topliss-reactive ketones (excluding diaryl/α,β-unsaturated/α-hetero) is 2. The smallest absolute Gasteiger partial charge is 0.236 e. The van der Waals surface area contributed by atoms with Crippen LogP contribution in [0, 0.1) is 0 Å². The van der Waals surface area contributed by atoms with Crippen molar-refractivity contribution in [1.29, 1.82) is 0 Å². The van der Waals surface area contributed by atoms with E-state index in [9.17, 15) is 14.7 Å². The molecule has 1 aromatic rings. The topological polar surface area (TPSA) is 115 Å². The Morgan fingerprint density at radius 3 is 2.00 bits per heavy atom. The van der Waals surface area contributed by atoms with E-state index in [2.05, 4.69) is 0 Å². The predicted molar refractivity (Wildman–Crippen MR) is 50.7 cm³/mol. The minimum absolute atomic E-state index is 0.268. The zero-order valence-electron chi connectivity index (χ0n) is 7.76. The molecule has 0 saturated carbocycles. The van der Waals surface area contributed by atoms with Gasteiger partial charge in [-0.05, 0) is 12.1 Å². The summed E-state index contributed by atoms with van der Waals surface area (Å²) in [7, 11) is 0. The van der Waals surface area contributed by atoms with E-state index in [1.807, 2.05) is 0 Å². The molecule has 0 amide bonds. The highest BCUT2D eigenvalue weighted by Crippen LogP contribution is 2.36. The van der Waals surface area contributed by atoms with Crippen LogP contribution in [0.5, 0.6) is 11.5 Å². The number of carbonyl (C=O) groups excluding carboxylic acids is 2. The Kier molecular flexibility index (Phi) is 1.88. The van der Waals surface area contributed by atoms with Crippen LogP contribution in [-0.4, -0.2) is 32.0 Å². The number of ketones is 2. The Morgan fingerprint density at radius 1 is 0.812 bits per heavy atom. The number of phenolic OH excluding ortho intramolecular Hbond substituents is 2. The van der Waals surface area contributed by atoms with Gasteiger partial charge in [-0.15, -0.1) is 0 Å². The van der Waals surface area contributed by atoms with E-state index in [0.29, 0.717) is 0 Å². The van der Waals surface area contributed by atoms with Crippen molar-refractivity contribution in [3.63, 3.8) is 0 Å². The van der Waals surface area contributed by atoms with Gasteiger partial charge in [0.1, 0.15) is 0 Å². The Balaban J connectivity index is 2.82. The Bertz CT molecular complexity index is 555. The van der Waals surface area contributed by atoms with Crippen molar-refractivity contribution >= 4 is 11.6 Å². The summed E-state index contributed by atoms with van der Waals surface area (Å²) in [5.74, 6) is -5.69. The molecule has 0 aliphatic heterocycles. The number of rotatable bonds is 0. The Labute approximate surface area is 88.7 Å². The van der Waals surface area contributed by atoms with E-state index in [1.54, 1.807) is 0 Å². The van der Waals surface area contributed by atoms with Gasteiger partial charge in [0.2, 0.25) is 23.1 Å². The molecule has 0 unspecified atom stereocenters. The van der Waals surface area contributed by atoms with Crippen LogP contribution in [0.1, 0.15) is 20.7 Å². The van der Waals surface area contributed by atoms with Crippen molar-refractivity contribution < 1.29 is 30.0 Å². The van der Waals surface area contributed by atoms with Gasteiger partial charge in [0.15, 0.2) is 11.5 Å². The minimum Gasteiger partial charge on any atom is -0.504 e. The first-order chi connectivity index (χ1) is 7.45. The highest BCUT2D eigenvalue weighted by molar-refractivity contribution is 6.26. The summed E-state index contributed by atoms with van der Waals surface area (Å²) in [6, 6.07) is 2.09. The molecule has 0 heterocycles. The van der Waals surface area contributed by atoms with Crippen LogP contribution in [0.15, 0.2) is 23.7 Å². The fourth-order valence-corrected chi connectivity index (χ4v) is 1.46. The second kappa shape index (κ2) is 2.99. The first-order valence-corrected chi connectivity index (χ1v) is 4.21. The third-order valence-electron chi connectivity index (χ3n) is 2.28. The molecule has 1 aliphatic carbocycles. The number of aliphatic hydroxyl groups is 2. The molecule has 1 aromatic carbocycles. The van der Waals surface area contributed by atoms with Gasteiger partial charge in [-0.2, -0.15) is 0 Å². The highest BCUT2D eigenvalue weighted by Gasteiger charge is 2.35. The molecular formula is C10H6O6. The van der Waals surface area contributed by atoms with E-state index < -0.39 is 40.1 Å². The molecule has 1 aliphatic rings. The number of fused-ring (bicyclic) bond motifs is 1. The summed E-state index contributed by atoms with van der Waals surface area (Å²) in [4.78, 5) is 22.9. The molecule has 2 rings (SSSR count). The lowest BCUT2D eigenvalue weighted by atomic mass is 9.91. The lowest BCUT2D eigenvalue weighted by molar-refractivity contribution is 0.0878. The maximum Gasteiger partial charge on any atom is 0.236 e. The molecule has 0 saturated heterocycles. The van der Waals surface area contributed by atoms with Gasteiger partial charge in [-0.1, -0.05) is 0 Å². The second-order valence-electron chi connectivity index (χ2n) is 3.21. The van der Waals surface area contributed by atoms with Gasteiger partial charge in [-0.3, -0.25) is 9.59 Å². The zero-order valence-corrected chi connectivity index (χ0v) is 7.76. The van der Waals surface area contributed by atoms with Crippen LogP contribution in [-0.2, 0) is 0 Å². The summed E-state index contributed by atoms with van der Waals surface area (Å²) in [5, 5.41) is 36.8. The minimum atomic E-state index is -1.14. The molecule has 0 bridgehead atoms. The molecule has 82 valence electrons. The maximum atomic E-state index is 11.5. The van der Waals surface area contributed by atoms with Gasteiger partial charge in [0.05, 0.1) is 5.56 Å².